The van der Waals surface area contributed by atoms with Gasteiger partial charge in [0.25, 0.3) is 0 Å². The first kappa shape index (κ1) is 18.2. The van der Waals surface area contributed by atoms with Crippen molar-refractivity contribution in [1.82, 2.24) is 4.90 Å². The molecule has 1 aromatic carbocycles. The fraction of sp³-hybridized carbons (Fsp3) is 0.632. The van der Waals surface area contributed by atoms with Gasteiger partial charge in [-0.3, -0.25) is 0 Å². The van der Waals surface area contributed by atoms with Crippen LogP contribution in [0.2, 0.25) is 0 Å². The Morgan fingerprint density at radius 1 is 1.28 bits per heavy atom. The molecule has 0 radical (unpaired) electrons. The summed E-state index contributed by atoms with van der Waals surface area (Å²) in [6, 6.07) is 9.66. The van der Waals surface area contributed by atoms with Crippen molar-refractivity contribution < 1.29 is 23.7 Å². The van der Waals surface area contributed by atoms with Crippen LogP contribution in [0.1, 0.15) is 31.2 Å². The van der Waals surface area contributed by atoms with E-state index in [4.69, 9.17) is 18.9 Å². The molecule has 2 heterocycles. The van der Waals surface area contributed by atoms with Gasteiger partial charge in [0.05, 0.1) is 25.3 Å². The monoisotopic (exact) mass is 349 g/mol. The number of carbonyl (C=O) groups excluding carboxylic acids is 1. The number of carbonyl (C=O) groups is 1. The van der Waals surface area contributed by atoms with Gasteiger partial charge in [0.1, 0.15) is 6.61 Å². The molecule has 1 aromatic rings. The van der Waals surface area contributed by atoms with Gasteiger partial charge in [0, 0.05) is 13.7 Å². The summed E-state index contributed by atoms with van der Waals surface area (Å²) in [6.45, 7) is 2.02. The van der Waals surface area contributed by atoms with Gasteiger partial charge in [-0.1, -0.05) is 30.3 Å². The van der Waals surface area contributed by atoms with Gasteiger partial charge in [0.15, 0.2) is 6.29 Å². The Balaban J connectivity index is 1.53. The lowest BCUT2D eigenvalue weighted by Gasteiger charge is -2.25. The standard InChI is InChI=1S/C19H27NO5/c1-22-14-16-11-17(25-18-9-5-6-10-23-18)12-20(16)19(21)24-13-15-7-3-2-4-8-15/h2-4,7-8,16-18H,5-6,9-14H2,1H3/t16-,17-,18?/m0/s1. The molecule has 2 aliphatic heterocycles. The van der Waals surface area contributed by atoms with Gasteiger partial charge in [-0.05, 0) is 31.2 Å². The molecule has 6 heteroatoms. The zero-order chi connectivity index (χ0) is 17.5. The van der Waals surface area contributed by atoms with Crippen LogP contribution in [0, 0.1) is 0 Å². The fourth-order valence-corrected chi connectivity index (χ4v) is 3.38. The van der Waals surface area contributed by atoms with Crippen LogP contribution < -0.4 is 0 Å². The average Bonchev–Trinajstić information content (AvgIpc) is 3.04. The van der Waals surface area contributed by atoms with Crippen LogP contribution in [0.15, 0.2) is 30.3 Å². The van der Waals surface area contributed by atoms with Gasteiger partial charge in [0.2, 0.25) is 0 Å². The molecule has 0 aliphatic carbocycles. The van der Waals surface area contributed by atoms with Gasteiger partial charge in [-0.15, -0.1) is 0 Å². The summed E-state index contributed by atoms with van der Waals surface area (Å²) in [6.07, 6.45) is 3.38. The van der Waals surface area contributed by atoms with Crippen LogP contribution in [-0.4, -0.2) is 56.3 Å². The molecule has 3 atom stereocenters. The van der Waals surface area contributed by atoms with Crippen LogP contribution in [0.4, 0.5) is 4.79 Å². The predicted octanol–water partition coefficient (Wildman–Crippen LogP) is 2.96. The summed E-state index contributed by atoms with van der Waals surface area (Å²) in [5, 5.41) is 0. The van der Waals surface area contributed by atoms with E-state index in [0.717, 1.165) is 37.9 Å². The molecule has 0 aromatic heterocycles. The molecule has 25 heavy (non-hydrogen) atoms. The maximum atomic E-state index is 12.5. The zero-order valence-electron chi connectivity index (χ0n) is 14.8. The molecule has 6 nitrogen and oxygen atoms in total. The van der Waals surface area contributed by atoms with Gasteiger partial charge >= 0.3 is 6.09 Å². The molecule has 3 rings (SSSR count). The van der Waals surface area contributed by atoms with Crippen LogP contribution >= 0.6 is 0 Å². The molecule has 0 spiro atoms. The number of likely N-dealkylation sites (tertiary alicyclic amines) is 1. The van der Waals surface area contributed by atoms with Crippen molar-refractivity contribution in [3.05, 3.63) is 35.9 Å². The molecule has 0 saturated carbocycles. The third-order valence-corrected chi connectivity index (χ3v) is 4.66. The minimum Gasteiger partial charge on any atom is -0.445 e. The molecule has 0 bridgehead atoms. The Labute approximate surface area is 149 Å². The van der Waals surface area contributed by atoms with Crippen molar-refractivity contribution in [2.24, 2.45) is 0 Å². The minimum atomic E-state index is -0.318. The zero-order valence-corrected chi connectivity index (χ0v) is 14.8. The molecule has 2 aliphatic rings. The van der Waals surface area contributed by atoms with Crippen molar-refractivity contribution in [1.29, 1.82) is 0 Å². The van der Waals surface area contributed by atoms with Crippen molar-refractivity contribution in [3.8, 4) is 0 Å². The number of rotatable bonds is 6. The highest BCUT2D eigenvalue weighted by atomic mass is 16.7. The number of hydrogen-bond donors (Lipinski definition) is 0. The van der Waals surface area contributed by atoms with E-state index in [9.17, 15) is 4.79 Å². The summed E-state index contributed by atoms with van der Waals surface area (Å²) < 4.78 is 22.4. The minimum absolute atomic E-state index is 0.0261. The molecular weight excluding hydrogens is 322 g/mol. The largest absolute Gasteiger partial charge is 0.445 e. The van der Waals surface area contributed by atoms with Gasteiger partial charge < -0.3 is 23.8 Å². The summed E-state index contributed by atoms with van der Waals surface area (Å²) in [4.78, 5) is 14.2. The van der Waals surface area contributed by atoms with E-state index < -0.39 is 0 Å². The Hall–Kier alpha value is -1.63. The second-order valence-corrected chi connectivity index (χ2v) is 6.59. The first-order valence-corrected chi connectivity index (χ1v) is 8.99. The van der Waals surface area contributed by atoms with Crippen LogP contribution in [0.3, 0.4) is 0 Å². The molecule has 138 valence electrons. The number of benzene rings is 1. The van der Waals surface area contributed by atoms with Gasteiger partial charge in [-0.2, -0.15) is 0 Å². The molecule has 2 fully saturated rings. The fourth-order valence-electron chi connectivity index (χ4n) is 3.38. The van der Waals surface area contributed by atoms with E-state index >= 15 is 0 Å². The van der Waals surface area contributed by atoms with E-state index in [1.165, 1.54) is 0 Å². The van der Waals surface area contributed by atoms with Gasteiger partial charge in [-0.25, -0.2) is 4.79 Å². The summed E-state index contributed by atoms with van der Waals surface area (Å²) in [7, 11) is 1.64. The number of methoxy groups -OCH3 is 1. The summed E-state index contributed by atoms with van der Waals surface area (Å²) >= 11 is 0. The van der Waals surface area contributed by atoms with Crippen molar-refractivity contribution >= 4 is 6.09 Å². The van der Waals surface area contributed by atoms with Crippen LogP contribution in [-0.2, 0) is 25.6 Å². The number of ether oxygens (including phenoxy) is 4. The smallest absolute Gasteiger partial charge is 0.410 e. The third-order valence-electron chi connectivity index (χ3n) is 4.66. The Bertz CT molecular complexity index is 532. The molecular formula is C19H27NO5. The predicted molar refractivity (Wildman–Crippen MR) is 92.1 cm³/mol. The lowest BCUT2D eigenvalue weighted by Crippen LogP contribution is -2.39. The van der Waals surface area contributed by atoms with E-state index in [2.05, 4.69) is 0 Å². The van der Waals surface area contributed by atoms with Crippen LogP contribution in [0.5, 0.6) is 0 Å². The molecule has 0 N–H and O–H groups in total. The number of nitrogens with zero attached hydrogens (tertiary/aromatic N) is 1. The summed E-state index contributed by atoms with van der Waals surface area (Å²) in [5.41, 5.74) is 0.974. The second kappa shape index (κ2) is 9.17. The van der Waals surface area contributed by atoms with Crippen molar-refractivity contribution in [3.63, 3.8) is 0 Å². The Morgan fingerprint density at radius 3 is 2.84 bits per heavy atom. The molecule has 2 saturated heterocycles. The highest BCUT2D eigenvalue weighted by Gasteiger charge is 2.38. The first-order chi connectivity index (χ1) is 12.3. The first-order valence-electron chi connectivity index (χ1n) is 8.99. The lowest BCUT2D eigenvalue weighted by molar-refractivity contribution is -0.185. The highest BCUT2D eigenvalue weighted by molar-refractivity contribution is 5.68. The molecule has 1 unspecified atom stereocenters. The molecule has 1 amide bonds. The van der Waals surface area contributed by atoms with Crippen molar-refractivity contribution in [2.45, 2.75) is 50.7 Å². The summed E-state index contributed by atoms with van der Waals surface area (Å²) in [5.74, 6) is 0. The average molecular weight is 349 g/mol. The highest BCUT2D eigenvalue weighted by Crippen LogP contribution is 2.25. The van der Waals surface area contributed by atoms with Crippen molar-refractivity contribution in [2.75, 3.05) is 26.9 Å². The maximum absolute atomic E-state index is 12.5. The van der Waals surface area contributed by atoms with E-state index in [1.807, 2.05) is 30.3 Å². The van der Waals surface area contributed by atoms with E-state index in [0.29, 0.717) is 13.2 Å². The number of hydrogen-bond acceptors (Lipinski definition) is 5. The van der Waals surface area contributed by atoms with E-state index in [1.54, 1.807) is 12.0 Å². The lowest BCUT2D eigenvalue weighted by atomic mass is 10.2. The second-order valence-electron chi connectivity index (χ2n) is 6.59. The number of amides is 1. The topological polar surface area (TPSA) is 57.2 Å². The maximum Gasteiger partial charge on any atom is 0.410 e. The van der Waals surface area contributed by atoms with Crippen LogP contribution in [0.25, 0.3) is 0 Å². The van der Waals surface area contributed by atoms with E-state index in [-0.39, 0.29) is 31.1 Å². The Kier molecular flexibility index (Phi) is 6.67. The Morgan fingerprint density at radius 2 is 2.12 bits per heavy atom. The quantitative estimate of drug-likeness (QED) is 0.790. The third kappa shape index (κ3) is 5.17. The normalized spacial score (nSPS) is 26.6. The SMILES string of the molecule is COC[C@@H]1C[C@H](OC2CCCCO2)CN1C(=O)OCc1ccccc1.